The van der Waals surface area contributed by atoms with Gasteiger partial charge in [-0.3, -0.25) is 0 Å². The van der Waals surface area contributed by atoms with Crippen molar-refractivity contribution in [1.82, 2.24) is 0 Å². The highest BCUT2D eigenvalue weighted by Gasteiger charge is 2.03. The van der Waals surface area contributed by atoms with Crippen molar-refractivity contribution in [2.24, 2.45) is 0 Å². The van der Waals surface area contributed by atoms with Crippen LogP contribution in [0.5, 0.6) is 0 Å². The zero-order chi connectivity index (χ0) is 18.8. The number of benzene rings is 3. The Kier molecular flexibility index (Phi) is 0.817. The fourth-order valence-electron chi connectivity index (χ4n) is 1.67. The van der Waals surface area contributed by atoms with Crippen LogP contribution >= 0.6 is 0 Å². The maximum atomic E-state index is 8.38. The summed E-state index contributed by atoms with van der Waals surface area (Å²) in [6, 6.07) is -3.86. The van der Waals surface area contributed by atoms with E-state index in [4.69, 9.17) is 12.3 Å². The molecule has 0 N–H and O–H groups in total. The van der Waals surface area contributed by atoms with Gasteiger partial charge in [0.2, 0.25) is 0 Å². The van der Waals surface area contributed by atoms with Gasteiger partial charge in [0.1, 0.15) is 0 Å². The van der Waals surface area contributed by atoms with Crippen molar-refractivity contribution in [2.75, 3.05) is 0 Å². The molecule has 0 unspecified atom stereocenters. The molecule has 3 aromatic rings. The smallest absolute Gasteiger partial charge is 0.0636 e. The van der Waals surface area contributed by atoms with E-state index in [2.05, 4.69) is 6.58 Å². The Bertz CT molecular complexity index is 1020. The summed E-state index contributed by atoms with van der Waals surface area (Å²) in [6.45, 7) is 3.64. The molecule has 0 saturated carbocycles. The molecule has 0 radical (unpaired) electrons. The highest BCUT2D eigenvalue weighted by molar-refractivity contribution is 6.06. The van der Waals surface area contributed by atoms with E-state index in [0.717, 1.165) is 0 Å². The van der Waals surface area contributed by atoms with Gasteiger partial charge in [-0.25, -0.2) is 0 Å². The molecule has 3 aromatic carbocycles. The molecule has 76 valence electrons. The molecule has 0 saturated heterocycles. The predicted octanol–water partition coefficient (Wildman–Crippen LogP) is 4.64. The van der Waals surface area contributed by atoms with Gasteiger partial charge < -0.3 is 0 Å². The molecule has 0 aliphatic carbocycles. The summed E-state index contributed by atoms with van der Waals surface area (Å²) in [6.07, 6.45) is 1.30. The lowest BCUT2D eigenvalue weighted by molar-refractivity contribution is 1.74. The van der Waals surface area contributed by atoms with Gasteiger partial charge in [0.25, 0.3) is 0 Å². The maximum Gasteiger partial charge on any atom is 0.0636 e. The second kappa shape index (κ2) is 3.49. The van der Waals surface area contributed by atoms with Crippen molar-refractivity contribution >= 4 is 27.6 Å². The summed E-state index contributed by atoms with van der Waals surface area (Å²) >= 11 is 0. The average Bonchev–Trinajstić information content (AvgIpc) is 2.59. The van der Waals surface area contributed by atoms with Crippen molar-refractivity contribution in [1.29, 1.82) is 0 Å². The molecule has 3 rings (SSSR count). The van der Waals surface area contributed by atoms with Gasteiger partial charge in [0.05, 0.1) is 12.3 Å². The molecule has 0 spiro atoms. The molecule has 0 bridgehead atoms. The standard InChI is InChI=1S/C16H12/c1-2-14-15-9-5-3-7-12(15)11-13-8-4-6-10-16(13)14/h2-11H,1H2/i3D,4D,5D,6D,7D,8D,9D,10D,11D. The fourth-order valence-corrected chi connectivity index (χ4v) is 1.67. The van der Waals surface area contributed by atoms with Crippen LogP contribution < -0.4 is 0 Å². The largest absolute Gasteiger partial charge is 0.0984 e. The van der Waals surface area contributed by atoms with E-state index in [0.29, 0.717) is 0 Å². The van der Waals surface area contributed by atoms with Gasteiger partial charge in [-0.1, -0.05) is 61.0 Å². The molecule has 0 atom stereocenters. The van der Waals surface area contributed by atoms with Crippen LogP contribution in [0.15, 0.2) is 61.0 Å². The summed E-state index contributed by atoms with van der Waals surface area (Å²) < 4.78 is 72.2. The van der Waals surface area contributed by atoms with E-state index in [1.165, 1.54) is 6.08 Å². The number of fused-ring (bicyclic) bond motifs is 2. The normalized spacial score (nSPS) is 18.6. The fraction of sp³-hybridized carbons (Fsp3) is 0. The molecule has 0 heterocycles. The number of hydrogen-bond acceptors (Lipinski definition) is 0. The van der Waals surface area contributed by atoms with E-state index in [1.54, 1.807) is 0 Å². The third kappa shape index (κ3) is 1.24. The Morgan fingerprint density at radius 3 is 1.88 bits per heavy atom. The first-order valence-corrected chi connectivity index (χ1v) is 4.70. The van der Waals surface area contributed by atoms with Crippen LogP contribution in [0.25, 0.3) is 27.6 Å². The first-order chi connectivity index (χ1) is 11.6. The SMILES string of the molecule is [2H]c1c([2H])c([2H])c2c(C=C)c3c([2H])c([2H])c([2H])c([2H])c3c([2H])c2c1[2H]. The van der Waals surface area contributed by atoms with E-state index in [9.17, 15) is 0 Å². The molecule has 0 aliphatic heterocycles. The second-order valence-corrected chi connectivity index (χ2v) is 3.24. The van der Waals surface area contributed by atoms with Gasteiger partial charge in [0, 0.05) is 0 Å². The minimum atomic E-state index is -0.499. The third-order valence-corrected chi connectivity index (χ3v) is 2.37. The monoisotopic (exact) mass is 213 g/mol. The lowest BCUT2D eigenvalue weighted by Gasteiger charge is -2.07. The van der Waals surface area contributed by atoms with E-state index in [-0.39, 0.29) is 45.2 Å². The Morgan fingerprint density at radius 1 is 0.875 bits per heavy atom. The van der Waals surface area contributed by atoms with Crippen LogP contribution in [0.3, 0.4) is 0 Å². The van der Waals surface area contributed by atoms with E-state index in [1.807, 2.05) is 0 Å². The Balaban J connectivity index is 2.87. The molecular formula is C16H12. The maximum absolute atomic E-state index is 8.38. The molecule has 16 heavy (non-hydrogen) atoms. The Morgan fingerprint density at radius 2 is 1.38 bits per heavy atom. The highest BCUT2D eigenvalue weighted by atomic mass is 14.1. The van der Waals surface area contributed by atoms with Gasteiger partial charge >= 0.3 is 0 Å². The molecular weight excluding hydrogens is 192 g/mol. The van der Waals surface area contributed by atoms with E-state index >= 15 is 0 Å². The number of hydrogen-bond donors (Lipinski definition) is 0. The second-order valence-electron chi connectivity index (χ2n) is 3.24. The molecule has 0 amide bonds. The quantitative estimate of drug-likeness (QED) is 0.517. The van der Waals surface area contributed by atoms with Crippen molar-refractivity contribution in [3.63, 3.8) is 0 Å². The first kappa shape index (κ1) is 3.74. The first-order valence-electron chi connectivity index (χ1n) is 9.20. The van der Waals surface area contributed by atoms with E-state index < -0.39 is 36.3 Å². The van der Waals surface area contributed by atoms with Crippen molar-refractivity contribution in [2.45, 2.75) is 0 Å². The summed E-state index contributed by atoms with van der Waals surface area (Å²) in [7, 11) is 0. The summed E-state index contributed by atoms with van der Waals surface area (Å²) in [5.41, 5.74) is 0.167. The van der Waals surface area contributed by atoms with Crippen LogP contribution in [0.2, 0.25) is 0 Å². The predicted molar refractivity (Wildman–Crippen MR) is 71.5 cm³/mol. The summed E-state index contributed by atoms with van der Waals surface area (Å²) in [4.78, 5) is 0. The minimum Gasteiger partial charge on any atom is -0.0984 e. The summed E-state index contributed by atoms with van der Waals surface area (Å²) in [5, 5.41) is -0.107. The zero-order valence-corrected chi connectivity index (χ0v) is 8.28. The molecule has 0 fully saturated rings. The van der Waals surface area contributed by atoms with Crippen LogP contribution in [0, 0.1) is 0 Å². The van der Waals surface area contributed by atoms with Gasteiger partial charge in [-0.15, -0.1) is 0 Å². The van der Waals surface area contributed by atoms with Crippen LogP contribution in [0.4, 0.5) is 0 Å². The van der Waals surface area contributed by atoms with Crippen LogP contribution in [-0.4, -0.2) is 0 Å². The molecule has 0 nitrogen and oxygen atoms in total. The average molecular weight is 213 g/mol. The Labute approximate surface area is 107 Å². The molecule has 0 aromatic heterocycles. The molecule has 0 aliphatic rings. The Hall–Kier alpha value is -2.08. The van der Waals surface area contributed by atoms with Gasteiger partial charge in [-0.2, -0.15) is 0 Å². The zero-order valence-electron chi connectivity index (χ0n) is 17.3. The van der Waals surface area contributed by atoms with Gasteiger partial charge in [0.15, 0.2) is 0 Å². The summed E-state index contributed by atoms with van der Waals surface area (Å²) in [5.74, 6) is 0. The topological polar surface area (TPSA) is 0 Å². The highest BCUT2D eigenvalue weighted by Crippen LogP contribution is 2.28. The number of rotatable bonds is 1. The third-order valence-electron chi connectivity index (χ3n) is 2.37. The van der Waals surface area contributed by atoms with Crippen molar-refractivity contribution in [3.05, 3.63) is 66.5 Å². The van der Waals surface area contributed by atoms with Crippen LogP contribution in [0.1, 0.15) is 17.9 Å². The lowest BCUT2D eigenvalue weighted by atomic mass is 9.97. The van der Waals surface area contributed by atoms with Crippen LogP contribution in [-0.2, 0) is 0 Å². The minimum absolute atomic E-state index is 0.0310. The lowest BCUT2D eigenvalue weighted by Crippen LogP contribution is -1.82. The van der Waals surface area contributed by atoms with Crippen molar-refractivity contribution in [3.8, 4) is 0 Å². The van der Waals surface area contributed by atoms with Gasteiger partial charge in [-0.05, 0) is 33.2 Å². The molecule has 0 heteroatoms. The van der Waals surface area contributed by atoms with Crippen molar-refractivity contribution < 1.29 is 12.3 Å².